The third kappa shape index (κ3) is 2.70. The molecule has 2 rings (SSSR count). The van der Waals surface area contributed by atoms with Crippen LogP contribution in [0.25, 0.3) is 0 Å². The predicted octanol–water partition coefficient (Wildman–Crippen LogP) is 1.65. The largest absolute Gasteiger partial charge is 0.451 e. The summed E-state index contributed by atoms with van der Waals surface area (Å²) in [5.41, 5.74) is 1.51. The smallest absolute Gasteiger partial charge is 0.273 e. The van der Waals surface area contributed by atoms with Gasteiger partial charge in [0.05, 0.1) is 0 Å². The van der Waals surface area contributed by atoms with Crippen LogP contribution in [0.2, 0.25) is 0 Å². The number of oxazole rings is 1. The lowest BCUT2D eigenvalue weighted by Crippen LogP contribution is -2.25. The van der Waals surface area contributed by atoms with Gasteiger partial charge in [0.1, 0.15) is 6.26 Å². The Balaban J connectivity index is 1.79. The van der Waals surface area contributed by atoms with Crippen molar-refractivity contribution in [1.82, 2.24) is 10.3 Å². The summed E-state index contributed by atoms with van der Waals surface area (Å²) < 4.78 is 4.73. The van der Waals surface area contributed by atoms with E-state index in [1.54, 1.807) is 0 Å². The monoisotopic (exact) mass is 216 g/mol. The fourth-order valence-corrected chi connectivity index (χ4v) is 1.38. The minimum Gasteiger partial charge on any atom is -0.451 e. The van der Waals surface area contributed by atoms with Gasteiger partial charge in [-0.15, -0.1) is 0 Å². The van der Waals surface area contributed by atoms with Crippen LogP contribution in [0.15, 0.2) is 47.4 Å². The van der Waals surface area contributed by atoms with E-state index in [0.717, 1.165) is 6.42 Å². The van der Waals surface area contributed by atoms with Gasteiger partial charge < -0.3 is 9.73 Å². The highest BCUT2D eigenvalue weighted by molar-refractivity contribution is 5.91. The molecule has 0 unspecified atom stereocenters. The molecule has 82 valence electrons. The second kappa shape index (κ2) is 5.11. The second-order valence-corrected chi connectivity index (χ2v) is 3.37. The Bertz CT molecular complexity index is 437. The maximum Gasteiger partial charge on any atom is 0.273 e. The molecule has 4 nitrogen and oxygen atoms in total. The zero-order chi connectivity index (χ0) is 11.2. The van der Waals surface area contributed by atoms with Gasteiger partial charge in [0, 0.05) is 6.54 Å². The van der Waals surface area contributed by atoms with Crippen LogP contribution in [0.1, 0.15) is 16.1 Å². The summed E-state index contributed by atoms with van der Waals surface area (Å²) in [5.74, 6) is -0.204. The van der Waals surface area contributed by atoms with Gasteiger partial charge in [-0.1, -0.05) is 30.3 Å². The summed E-state index contributed by atoms with van der Waals surface area (Å²) in [6.45, 7) is 0.593. The highest BCUT2D eigenvalue weighted by Crippen LogP contribution is 1.99. The summed E-state index contributed by atoms with van der Waals surface area (Å²) >= 11 is 0. The number of carbonyl (C=O) groups is 1. The van der Waals surface area contributed by atoms with Crippen molar-refractivity contribution in [1.29, 1.82) is 0 Å². The van der Waals surface area contributed by atoms with E-state index >= 15 is 0 Å². The summed E-state index contributed by atoms with van der Waals surface area (Å²) in [5, 5.41) is 2.77. The fraction of sp³-hybridized carbons (Fsp3) is 0.167. The molecule has 0 aliphatic rings. The van der Waals surface area contributed by atoms with Gasteiger partial charge in [-0.2, -0.15) is 0 Å². The summed E-state index contributed by atoms with van der Waals surface area (Å²) in [4.78, 5) is 15.2. The lowest BCUT2D eigenvalue weighted by atomic mass is 10.1. The molecule has 1 heterocycles. The summed E-state index contributed by atoms with van der Waals surface area (Å²) in [6.07, 6.45) is 3.38. The first-order chi connectivity index (χ1) is 7.86. The molecule has 1 aromatic heterocycles. The van der Waals surface area contributed by atoms with Gasteiger partial charge >= 0.3 is 0 Å². The molecule has 0 spiro atoms. The molecule has 0 aliphatic carbocycles. The Hall–Kier alpha value is -2.10. The molecular weight excluding hydrogens is 204 g/mol. The molecule has 4 heteroatoms. The predicted molar refractivity (Wildman–Crippen MR) is 59.0 cm³/mol. The van der Waals surface area contributed by atoms with Crippen LogP contribution in [0.3, 0.4) is 0 Å². The molecule has 2 aromatic rings. The van der Waals surface area contributed by atoms with E-state index in [4.69, 9.17) is 4.42 Å². The Kier molecular flexibility index (Phi) is 3.33. The molecule has 16 heavy (non-hydrogen) atoms. The van der Waals surface area contributed by atoms with E-state index < -0.39 is 0 Å². The zero-order valence-corrected chi connectivity index (χ0v) is 8.72. The number of hydrogen-bond donors (Lipinski definition) is 1. The van der Waals surface area contributed by atoms with Crippen molar-refractivity contribution in [2.45, 2.75) is 6.42 Å². The maximum absolute atomic E-state index is 11.5. The quantitative estimate of drug-likeness (QED) is 0.845. The number of carbonyl (C=O) groups excluding carboxylic acids is 1. The van der Waals surface area contributed by atoms with Gasteiger partial charge in [-0.05, 0) is 12.0 Å². The molecule has 0 fully saturated rings. The van der Waals surface area contributed by atoms with Gasteiger partial charge in [-0.3, -0.25) is 4.79 Å². The molecule has 0 bridgehead atoms. The first-order valence-corrected chi connectivity index (χ1v) is 5.06. The second-order valence-electron chi connectivity index (χ2n) is 3.37. The van der Waals surface area contributed by atoms with Crippen LogP contribution in [-0.2, 0) is 6.42 Å². The van der Waals surface area contributed by atoms with Crippen LogP contribution in [-0.4, -0.2) is 17.4 Å². The van der Waals surface area contributed by atoms with Gasteiger partial charge in [0.2, 0.25) is 0 Å². The molecule has 0 saturated heterocycles. The van der Waals surface area contributed by atoms with Crippen LogP contribution >= 0.6 is 0 Å². The van der Waals surface area contributed by atoms with E-state index in [1.807, 2.05) is 30.3 Å². The number of nitrogens with zero attached hydrogens (tertiary/aromatic N) is 1. The van der Waals surface area contributed by atoms with Gasteiger partial charge in [0.15, 0.2) is 12.1 Å². The Morgan fingerprint density at radius 3 is 2.81 bits per heavy atom. The molecular formula is C12H12N2O2. The van der Waals surface area contributed by atoms with Crippen molar-refractivity contribution >= 4 is 5.91 Å². The average Bonchev–Trinajstić information content (AvgIpc) is 2.84. The summed E-state index contributed by atoms with van der Waals surface area (Å²) in [7, 11) is 0. The standard InChI is InChI=1S/C12H12N2O2/c15-12(11-8-16-9-14-11)13-7-6-10-4-2-1-3-5-10/h1-5,8-9H,6-7H2,(H,13,15). The number of amides is 1. The molecule has 0 radical (unpaired) electrons. The fourth-order valence-electron chi connectivity index (χ4n) is 1.38. The van der Waals surface area contributed by atoms with E-state index in [0.29, 0.717) is 12.2 Å². The first-order valence-electron chi connectivity index (χ1n) is 5.06. The molecule has 1 amide bonds. The van der Waals surface area contributed by atoms with Crippen LogP contribution in [0.4, 0.5) is 0 Å². The van der Waals surface area contributed by atoms with Crippen molar-refractivity contribution in [2.75, 3.05) is 6.54 Å². The number of nitrogens with one attached hydrogen (secondary N) is 1. The minimum atomic E-state index is -0.204. The molecule has 1 aromatic carbocycles. The highest BCUT2D eigenvalue weighted by Gasteiger charge is 2.06. The van der Waals surface area contributed by atoms with E-state index in [9.17, 15) is 4.79 Å². The normalized spacial score (nSPS) is 10.0. The number of hydrogen-bond acceptors (Lipinski definition) is 3. The SMILES string of the molecule is O=C(NCCc1ccccc1)c1cocn1. The van der Waals surface area contributed by atoms with Crippen molar-refractivity contribution in [2.24, 2.45) is 0 Å². The third-order valence-electron chi connectivity index (χ3n) is 2.21. The number of aromatic nitrogens is 1. The topological polar surface area (TPSA) is 55.1 Å². The van der Waals surface area contributed by atoms with Crippen molar-refractivity contribution in [3.05, 3.63) is 54.2 Å². The van der Waals surface area contributed by atoms with E-state index in [1.165, 1.54) is 18.2 Å². The van der Waals surface area contributed by atoms with E-state index in [-0.39, 0.29) is 5.91 Å². The van der Waals surface area contributed by atoms with Gasteiger partial charge in [-0.25, -0.2) is 4.98 Å². The molecule has 0 aliphatic heterocycles. The molecule has 1 N–H and O–H groups in total. The first kappa shape index (κ1) is 10.4. The Morgan fingerprint density at radius 2 is 2.12 bits per heavy atom. The van der Waals surface area contributed by atoms with Crippen molar-refractivity contribution in [3.63, 3.8) is 0 Å². The Labute approximate surface area is 93.3 Å². The lowest BCUT2D eigenvalue weighted by Gasteiger charge is -2.02. The molecule has 0 atom stereocenters. The zero-order valence-electron chi connectivity index (χ0n) is 8.72. The lowest BCUT2D eigenvalue weighted by molar-refractivity contribution is 0.0949. The van der Waals surface area contributed by atoms with Crippen molar-refractivity contribution in [3.8, 4) is 0 Å². The van der Waals surface area contributed by atoms with Crippen LogP contribution in [0.5, 0.6) is 0 Å². The molecule has 0 saturated carbocycles. The summed E-state index contributed by atoms with van der Waals surface area (Å²) in [6, 6.07) is 9.99. The minimum absolute atomic E-state index is 0.204. The average molecular weight is 216 g/mol. The number of rotatable bonds is 4. The van der Waals surface area contributed by atoms with E-state index in [2.05, 4.69) is 10.3 Å². The van der Waals surface area contributed by atoms with Crippen molar-refractivity contribution < 1.29 is 9.21 Å². The third-order valence-corrected chi connectivity index (χ3v) is 2.21. The highest BCUT2D eigenvalue weighted by atomic mass is 16.3. The maximum atomic E-state index is 11.5. The van der Waals surface area contributed by atoms with Crippen LogP contribution in [0, 0.1) is 0 Å². The Morgan fingerprint density at radius 1 is 1.31 bits per heavy atom. The number of benzene rings is 1. The van der Waals surface area contributed by atoms with Gasteiger partial charge in [0.25, 0.3) is 5.91 Å². The van der Waals surface area contributed by atoms with Crippen LogP contribution < -0.4 is 5.32 Å².